The number of carbonyl (C=O) groups is 2. The number of hydrogen-bond acceptors (Lipinski definition) is 5. The number of aryl methyl sites for hydroxylation is 2. The highest BCUT2D eigenvalue weighted by molar-refractivity contribution is 5.98. The van der Waals surface area contributed by atoms with Gasteiger partial charge < -0.3 is 10.6 Å². The Kier molecular flexibility index (Phi) is 5.91. The van der Waals surface area contributed by atoms with Crippen LogP contribution in [0.25, 0.3) is 16.7 Å². The zero-order valence-corrected chi connectivity index (χ0v) is 19.9. The van der Waals surface area contributed by atoms with Crippen molar-refractivity contribution in [1.82, 2.24) is 24.1 Å². The third kappa shape index (κ3) is 4.16. The first-order valence-electron chi connectivity index (χ1n) is 11.7. The minimum absolute atomic E-state index is 0.0278. The summed E-state index contributed by atoms with van der Waals surface area (Å²) in [5.41, 5.74) is 0.192. The fourth-order valence-corrected chi connectivity index (χ4v) is 4.58. The topological polar surface area (TPSA) is 120 Å². The number of anilines is 1. The van der Waals surface area contributed by atoms with E-state index in [-0.39, 0.29) is 34.3 Å². The molecule has 1 aliphatic carbocycles. The molecule has 0 radical (unpaired) electrons. The second-order valence-electron chi connectivity index (χ2n) is 9.14. The van der Waals surface area contributed by atoms with E-state index in [1.807, 2.05) is 0 Å². The Morgan fingerprint density at radius 3 is 2.58 bits per heavy atom. The Morgan fingerprint density at radius 2 is 1.86 bits per heavy atom. The fourth-order valence-electron chi connectivity index (χ4n) is 4.58. The minimum atomic E-state index is -0.649. The van der Waals surface area contributed by atoms with Crippen LogP contribution in [0.2, 0.25) is 0 Å². The van der Waals surface area contributed by atoms with E-state index in [4.69, 9.17) is 0 Å². The lowest BCUT2D eigenvalue weighted by Gasteiger charge is -2.12. The van der Waals surface area contributed by atoms with Gasteiger partial charge in [0.15, 0.2) is 0 Å². The molecule has 10 nitrogen and oxygen atoms in total. The maximum absolute atomic E-state index is 13.8. The molecule has 1 aliphatic rings. The van der Waals surface area contributed by atoms with Crippen molar-refractivity contribution < 1.29 is 14.0 Å². The molecule has 186 valence electrons. The standard InChI is InChI=1S/C25H25FN6O4/c1-14-7-9-17(12-19(14)26)27-21(33)13-31-25(36)32-20-11-15(22(34)28-16-5-3-4-6-16)8-10-18(20)23(35)30(2)24(32)29-31/h7-12,16H,3-6,13H2,1-2H3,(H,27,33)(H,28,34). The molecule has 2 heterocycles. The van der Waals surface area contributed by atoms with Crippen molar-refractivity contribution >= 4 is 34.2 Å². The zero-order valence-electron chi connectivity index (χ0n) is 19.9. The number of aromatic nitrogens is 4. The number of fused-ring (bicyclic) bond motifs is 3. The molecule has 2 N–H and O–H groups in total. The summed E-state index contributed by atoms with van der Waals surface area (Å²) in [5.74, 6) is -1.30. The smallest absolute Gasteiger partial charge is 0.349 e. The summed E-state index contributed by atoms with van der Waals surface area (Å²) in [7, 11) is 1.48. The number of hydrogen-bond donors (Lipinski definition) is 2. The van der Waals surface area contributed by atoms with Crippen LogP contribution in [0, 0.1) is 12.7 Å². The zero-order chi connectivity index (χ0) is 25.6. The van der Waals surface area contributed by atoms with Gasteiger partial charge in [-0.3, -0.25) is 19.0 Å². The SMILES string of the molecule is Cc1ccc(NC(=O)Cn2nc3n(C)c(=O)c4ccc(C(=O)NC5CCCC5)cc4n3c2=O)cc1F. The molecule has 36 heavy (non-hydrogen) atoms. The largest absolute Gasteiger partial charge is 0.352 e. The molecule has 4 aromatic rings. The van der Waals surface area contributed by atoms with E-state index in [1.54, 1.807) is 19.1 Å². The lowest BCUT2D eigenvalue weighted by Crippen LogP contribution is -2.32. The Morgan fingerprint density at radius 1 is 1.11 bits per heavy atom. The molecule has 0 saturated heterocycles. The van der Waals surface area contributed by atoms with Gasteiger partial charge in [0.05, 0.1) is 10.9 Å². The van der Waals surface area contributed by atoms with Crippen LogP contribution in [-0.2, 0) is 18.4 Å². The molecule has 0 bridgehead atoms. The molecule has 5 rings (SSSR count). The molecule has 1 saturated carbocycles. The summed E-state index contributed by atoms with van der Waals surface area (Å²) in [4.78, 5) is 51.6. The van der Waals surface area contributed by atoms with Crippen molar-refractivity contribution in [3.63, 3.8) is 0 Å². The van der Waals surface area contributed by atoms with Gasteiger partial charge in [0.1, 0.15) is 12.4 Å². The van der Waals surface area contributed by atoms with Crippen LogP contribution in [0.1, 0.15) is 41.6 Å². The summed E-state index contributed by atoms with van der Waals surface area (Å²) >= 11 is 0. The predicted molar refractivity (Wildman–Crippen MR) is 132 cm³/mol. The van der Waals surface area contributed by atoms with Crippen LogP contribution < -0.4 is 21.9 Å². The van der Waals surface area contributed by atoms with Crippen molar-refractivity contribution in [2.75, 3.05) is 5.32 Å². The molecule has 2 aromatic heterocycles. The van der Waals surface area contributed by atoms with E-state index < -0.39 is 29.5 Å². The van der Waals surface area contributed by atoms with Gasteiger partial charge in [0.2, 0.25) is 11.7 Å². The van der Waals surface area contributed by atoms with E-state index in [9.17, 15) is 23.6 Å². The summed E-state index contributed by atoms with van der Waals surface area (Å²) in [5, 5.41) is 9.97. The van der Waals surface area contributed by atoms with E-state index in [0.29, 0.717) is 11.1 Å². The van der Waals surface area contributed by atoms with Crippen molar-refractivity contribution in [2.24, 2.45) is 7.05 Å². The number of nitrogens with zero attached hydrogens (tertiary/aromatic N) is 4. The third-order valence-corrected chi connectivity index (χ3v) is 6.60. The second kappa shape index (κ2) is 9.06. The summed E-state index contributed by atoms with van der Waals surface area (Å²) < 4.78 is 17.2. The normalized spacial score (nSPS) is 14.0. The Hall–Kier alpha value is -4.28. The Labute approximate surface area is 204 Å². The highest BCUT2D eigenvalue weighted by Crippen LogP contribution is 2.19. The van der Waals surface area contributed by atoms with E-state index in [1.165, 1.54) is 40.3 Å². The number of carbonyl (C=O) groups excluding carboxylic acids is 2. The average Bonchev–Trinajstić information content (AvgIpc) is 3.47. The van der Waals surface area contributed by atoms with Crippen molar-refractivity contribution in [3.05, 3.63) is 74.2 Å². The van der Waals surface area contributed by atoms with Gasteiger partial charge in [-0.15, -0.1) is 5.10 Å². The number of benzene rings is 2. The maximum Gasteiger partial charge on any atom is 0.352 e. The number of halogens is 1. The molecule has 1 fully saturated rings. The molecule has 0 aliphatic heterocycles. The van der Waals surface area contributed by atoms with Crippen LogP contribution >= 0.6 is 0 Å². The first kappa shape index (κ1) is 23.5. The molecular formula is C25H25FN6O4. The first-order valence-corrected chi connectivity index (χ1v) is 11.7. The van der Waals surface area contributed by atoms with E-state index >= 15 is 0 Å². The number of nitrogens with one attached hydrogen (secondary N) is 2. The van der Waals surface area contributed by atoms with Crippen molar-refractivity contribution in [2.45, 2.75) is 45.2 Å². The summed E-state index contributed by atoms with van der Waals surface area (Å²) in [6, 6.07) is 8.96. The van der Waals surface area contributed by atoms with Crippen LogP contribution in [0.15, 0.2) is 46.0 Å². The quantitative estimate of drug-likeness (QED) is 0.442. The average molecular weight is 493 g/mol. The number of rotatable bonds is 5. The van der Waals surface area contributed by atoms with Gasteiger partial charge in [0.25, 0.3) is 11.5 Å². The fraction of sp³-hybridized carbons (Fsp3) is 0.320. The molecule has 2 amide bonds. The van der Waals surface area contributed by atoms with Gasteiger partial charge in [0, 0.05) is 24.3 Å². The monoisotopic (exact) mass is 492 g/mol. The molecule has 11 heteroatoms. The Balaban J connectivity index is 1.51. The molecule has 0 atom stereocenters. The second-order valence-corrected chi connectivity index (χ2v) is 9.14. The first-order chi connectivity index (χ1) is 17.2. The lowest BCUT2D eigenvalue weighted by molar-refractivity contribution is -0.117. The third-order valence-electron chi connectivity index (χ3n) is 6.60. The van der Waals surface area contributed by atoms with Gasteiger partial charge in [-0.1, -0.05) is 18.9 Å². The molecule has 2 aromatic carbocycles. The highest BCUT2D eigenvalue weighted by Gasteiger charge is 2.21. The van der Waals surface area contributed by atoms with E-state index in [0.717, 1.165) is 30.4 Å². The van der Waals surface area contributed by atoms with Crippen LogP contribution in [0.5, 0.6) is 0 Å². The molecular weight excluding hydrogens is 467 g/mol. The summed E-state index contributed by atoms with van der Waals surface area (Å²) in [6.45, 7) is 1.16. The highest BCUT2D eigenvalue weighted by atomic mass is 19.1. The molecule has 0 spiro atoms. The number of amides is 2. The van der Waals surface area contributed by atoms with Crippen molar-refractivity contribution in [3.8, 4) is 0 Å². The van der Waals surface area contributed by atoms with Crippen molar-refractivity contribution in [1.29, 1.82) is 0 Å². The minimum Gasteiger partial charge on any atom is -0.349 e. The van der Waals surface area contributed by atoms with Gasteiger partial charge in [-0.2, -0.15) is 0 Å². The van der Waals surface area contributed by atoms with E-state index in [2.05, 4.69) is 15.7 Å². The van der Waals surface area contributed by atoms with Gasteiger partial charge >= 0.3 is 5.69 Å². The van der Waals surface area contributed by atoms with Gasteiger partial charge in [-0.05, 0) is 55.7 Å². The summed E-state index contributed by atoms with van der Waals surface area (Å²) in [6.07, 6.45) is 3.99. The van der Waals surface area contributed by atoms with Crippen LogP contribution in [0.3, 0.4) is 0 Å². The maximum atomic E-state index is 13.8. The molecule has 0 unspecified atom stereocenters. The van der Waals surface area contributed by atoms with Crippen LogP contribution in [0.4, 0.5) is 10.1 Å². The Bertz CT molecular complexity index is 1640. The lowest BCUT2D eigenvalue weighted by atomic mass is 10.1. The van der Waals surface area contributed by atoms with Gasteiger partial charge in [-0.25, -0.2) is 18.3 Å². The van der Waals surface area contributed by atoms with Crippen LogP contribution in [-0.4, -0.2) is 36.6 Å². The predicted octanol–water partition coefficient (Wildman–Crippen LogP) is 2.11.